The fourth-order valence-electron chi connectivity index (χ4n) is 1.62. The van der Waals surface area contributed by atoms with Crippen LogP contribution in [0.25, 0.3) is 11.4 Å². The van der Waals surface area contributed by atoms with Crippen LogP contribution in [-0.4, -0.2) is 28.0 Å². The van der Waals surface area contributed by atoms with Crippen molar-refractivity contribution in [2.24, 2.45) is 5.73 Å². The lowest BCUT2D eigenvalue weighted by atomic mass is 10.2. The molecule has 19 heavy (non-hydrogen) atoms. The maximum Gasteiger partial charge on any atom is 0.246 e. The first-order chi connectivity index (χ1) is 9.13. The Morgan fingerprint density at radius 2 is 2.16 bits per heavy atom. The predicted molar refractivity (Wildman–Crippen MR) is 69.5 cm³/mol. The summed E-state index contributed by atoms with van der Waals surface area (Å²) in [5, 5.41) is 13.3. The first-order valence-electron chi connectivity index (χ1n) is 6.13. The van der Waals surface area contributed by atoms with Gasteiger partial charge >= 0.3 is 0 Å². The number of aliphatic hydroxyl groups excluding tert-OH is 1. The smallest absolute Gasteiger partial charge is 0.246 e. The molecule has 1 aromatic carbocycles. The summed E-state index contributed by atoms with van der Waals surface area (Å²) in [6.45, 7) is 4.03. The zero-order valence-electron chi connectivity index (χ0n) is 10.9. The molecule has 2 aromatic rings. The number of nitrogens with two attached hydrogens (primary N) is 1. The molecule has 102 valence electrons. The molecule has 0 aliphatic carbocycles. The Morgan fingerprint density at radius 1 is 1.42 bits per heavy atom. The molecule has 0 amide bonds. The molecule has 0 bridgehead atoms. The quantitative estimate of drug-likeness (QED) is 0.849. The maximum atomic E-state index is 9.42. The summed E-state index contributed by atoms with van der Waals surface area (Å²) >= 11 is 0. The molecule has 2 unspecified atom stereocenters. The fourth-order valence-corrected chi connectivity index (χ4v) is 1.62. The van der Waals surface area contributed by atoms with Gasteiger partial charge in [0.15, 0.2) is 0 Å². The van der Waals surface area contributed by atoms with E-state index in [-0.39, 0.29) is 5.89 Å². The van der Waals surface area contributed by atoms with Crippen molar-refractivity contribution in [1.82, 2.24) is 10.1 Å². The monoisotopic (exact) mass is 263 g/mol. The average molecular weight is 263 g/mol. The van der Waals surface area contributed by atoms with Crippen LogP contribution in [0.5, 0.6) is 5.75 Å². The van der Waals surface area contributed by atoms with Gasteiger partial charge in [-0.3, -0.25) is 0 Å². The number of benzene rings is 1. The molecule has 0 aliphatic rings. The number of nitrogens with zero attached hydrogens (tertiary/aromatic N) is 2. The molecule has 0 radical (unpaired) electrons. The van der Waals surface area contributed by atoms with Gasteiger partial charge in [-0.2, -0.15) is 4.98 Å². The molecule has 0 fully saturated rings. The number of hydrogen-bond acceptors (Lipinski definition) is 6. The lowest BCUT2D eigenvalue weighted by molar-refractivity contribution is 0.146. The number of para-hydroxylation sites is 1. The minimum absolute atomic E-state index is 0.205. The molecule has 0 aliphatic heterocycles. The normalized spacial score (nSPS) is 14.1. The molecule has 0 spiro atoms. The molecule has 3 N–H and O–H groups in total. The van der Waals surface area contributed by atoms with Gasteiger partial charge in [0.2, 0.25) is 11.7 Å². The highest BCUT2D eigenvalue weighted by Crippen LogP contribution is 2.28. The maximum absolute atomic E-state index is 9.42. The van der Waals surface area contributed by atoms with E-state index in [0.29, 0.717) is 18.2 Å². The number of rotatable bonds is 5. The van der Waals surface area contributed by atoms with Crippen LogP contribution < -0.4 is 10.5 Å². The van der Waals surface area contributed by atoms with Crippen LogP contribution in [0.4, 0.5) is 0 Å². The van der Waals surface area contributed by atoms with E-state index in [1.54, 1.807) is 6.92 Å². The number of aromatic nitrogens is 2. The molecular weight excluding hydrogens is 246 g/mol. The van der Waals surface area contributed by atoms with E-state index in [1.165, 1.54) is 0 Å². The SMILES string of the molecule is CCOc1ccccc1-c1noc(C(N)C(C)O)n1. The van der Waals surface area contributed by atoms with Crippen molar-refractivity contribution in [3.8, 4) is 17.1 Å². The molecule has 2 rings (SSSR count). The van der Waals surface area contributed by atoms with E-state index in [1.807, 2.05) is 31.2 Å². The van der Waals surface area contributed by atoms with Crippen LogP contribution in [-0.2, 0) is 0 Å². The third-order valence-electron chi connectivity index (χ3n) is 2.67. The Kier molecular flexibility index (Phi) is 4.13. The van der Waals surface area contributed by atoms with Crippen LogP contribution in [0.2, 0.25) is 0 Å². The van der Waals surface area contributed by atoms with Crippen molar-refractivity contribution >= 4 is 0 Å². The molecule has 6 nitrogen and oxygen atoms in total. The van der Waals surface area contributed by atoms with Crippen molar-refractivity contribution < 1.29 is 14.4 Å². The van der Waals surface area contributed by atoms with E-state index < -0.39 is 12.1 Å². The zero-order chi connectivity index (χ0) is 13.8. The average Bonchev–Trinajstić information content (AvgIpc) is 2.88. The molecule has 0 saturated carbocycles. The van der Waals surface area contributed by atoms with Crippen molar-refractivity contribution in [1.29, 1.82) is 0 Å². The Morgan fingerprint density at radius 3 is 2.84 bits per heavy atom. The highest BCUT2D eigenvalue weighted by molar-refractivity contribution is 5.63. The van der Waals surface area contributed by atoms with E-state index in [2.05, 4.69) is 10.1 Å². The predicted octanol–water partition coefficient (Wildman–Crippen LogP) is 1.52. The van der Waals surface area contributed by atoms with E-state index in [9.17, 15) is 5.11 Å². The van der Waals surface area contributed by atoms with Gasteiger partial charge in [0, 0.05) is 0 Å². The second-order valence-corrected chi connectivity index (χ2v) is 4.15. The Labute approximate surface area is 111 Å². The van der Waals surface area contributed by atoms with Crippen molar-refractivity contribution in [3.63, 3.8) is 0 Å². The van der Waals surface area contributed by atoms with Crippen LogP contribution in [0, 0.1) is 0 Å². The van der Waals surface area contributed by atoms with Gasteiger partial charge in [0.25, 0.3) is 0 Å². The third-order valence-corrected chi connectivity index (χ3v) is 2.67. The van der Waals surface area contributed by atoms with E-state index in [4.69, 9.17) is 15.0 Å². The topological polar surface area (TPSA) is 94.4 Å². The molecule has 1 heterocycles. The summed E-state index contributed by atoms with van der Waals surface area (Å²) in [5.74, 6) is 1.29. The van der Waals surface area contributed by atoms with Crippen LogP contribution in [0.3, 0.4) is 0 Å². The van der Waals surface area contributed by atoms with E-state index >= 15 is 0 Å². The van der Waals surface area contributed by atoms with Gasteiger partial charge in [-0.1, -0.05) is 17.3 Å². The number of hydrogen-bond donors (Lipinski definition) is 2. The summed E-state index contributed by atoms with van der Waals surface area (Å²) in [5.41, 5.74) is 6.48. The lowest BCUT2D eigenvalue weighted by Gasteiger charge is -2.08. The van der Waals surface area contributed by atoms with Crippen molar-refractivity contribution in [2.45, 2.75) is 26.0 Å². The molecule has 6 heteroatoms. The van der Waals surface area contributed by atoms with Gasteiger partial charge in [0.1, 0.15) is 11.8 Å². The minimum atomic E-state index is -0.754. The highest BCUT2D eigenvalue weighted by Gasteiger charge is 2.21. The van der Waals surface area contributed by atoms with Gasteiger partial charge in [-0.25, -0.2) is 0 Å². The first kappa shape index (κ1) is 13.5. The largest absolute Gasteiger partial charge is 0.493 e. The highest BCUT2D eigenvalue weighted by atomic mass is 16.5. The third kappa shape index (κ3) is 2.91. The Bertz CT molecular complexity index is 539. The Balaban J connectivity index is 2.32. The van der Waals surface area contributed by atoms with Gasteiger partial charge < -0.3 is 20.1 Å². The summed E-state index contributed by atoms with van der Waals surface area (Å²) in [4.78, 5) is 4.20. The van der Waals surface area contributed by atoms with Crippen molar-refractivity contribution in [2.75, 3.05) is 6.61 Å². The second-order valence-electron chi connectivity index (χ2n) is 4.15. The molecule has 2 atom stereocenters. The zero-order valence-corrected chi connectivity index (χ0v) is 10.9. The second kappa shape index (κ2) is 5.81. The first-order valence-corrected chi connectivity index (χ1v) is 6.13. The standard InChI is InChI=1S/C13H17N3O3/c1-3-18-10-7-5-4-6-9(10)12-15-13(19-16-12)11(14)8(2)17/h4-8,11,17H,3,14H2,1-2H3. The summed E-state index contributed by atoms with van der Waals surface area (Å²) in [6.07, 6.45) is -0.754. The van der Waals surface area contributed by atoms with Gasteiger partial charge in [-0.15, -0.1) is 0 Å². The summed E-state index contributed by atoms with van der Waals surface area (Å²) in [6, 6.07) is 6.72. The number of ether oxygens (including phenoxy) is 1. The minimum Gasteiger partial charge on any atom is -0.493 e. The number of aliphatic hydroxyl groups is 1. The van der Waals surface area contributed by atoms with Crippen molar-refractivity contribution in [3.05, 3.63) is 30.2 Å². The fraction of sp³-hybridized carbons (Fsp3) is 0.385. The summed E-state index contributed by atoms with van der Waals surface area (Å²) < 4.78 is 10.6. The molecule has 1 aromatic heterocycles. The Hall–Kier alpha value is -1.92. The van der Waals surface area contributed by atoms with Crippen LogP contribution in [0.1, 0.15) is 25.8 Å². The molecule has 0 saturated heterocycles. The lowest BCUT2D eigenvalue weighted by Crippen LogP contribution is -2.23. The summed E-state index contributed by atoms with van der Waals surface area (Å²) in [7, 11) is 0. The van der Waals surface area contributed by atoms with Gasteiger partial charge in [-0.05, 0) is 26.0 Å². The van der Waals surface area contributed by atoms with Gasteiger partial charge in [0.05, 0.1) is 18.3 Å². The van der Waals surface area contributed by atoms with Crippen LogP contribution >= 0.6 is 0 Å². The van der Waals surface area contributed by atoms with Crippen LogP contribution in [0.15, 0.2) is 28.8 Å². The molecular formula is C13H17N3O3. The van der Waals surface area contributed by atoms with E-state index in [0.717, 1.165) is 5.56 Å².